The Morgan fingerprint density at radius 2 is 1.73 bits per heavy atom. The van der Waals surface area contributed by atoms with Gasteiger partial charge in [-0.3, -0.25) is 13.9 Å². The van der Waals surface area contributed by atoms with Crippen LogP contribution in [0.3, 0.4) is 0 Å². The summed E-state index contributed by atoms with van der Waals surface area (Å²) in [6, 6.07) is 23.8. The fourth-order valence-corrected chi connectivity index (χ4v) is 4.38. The van der Waals surface area contributed by atoms with E-state index in [0.29, 0.717) is 12.0 Å². The van der Waals surface area contributed by atoms with Crippen LogP contribution >= 0.6 is 16.1 Å². The lowest BCUT2D eigenvalue weighted by molar-refractivity contribution is -0.123. The SMILES string of the molecule is Cc1ccc(C(Cc2ccccc2)(C(=O)NBr)c2ccc3[nH]cc(C=O)c3c2)cc1. The van der Waals surface area contributed by atoms with Gasteiger partial charge in [0.25, 0.3) is 0 Å². The van der Waals surface area contributed by atoms with Crippen LogP contribution in [-0.2, 0) is 16.6 Å². The van der Waals surface area contributed by atoms with Crippen molar-refractivity contribution in [3.8, 4) is 0 Å². The quantitative estimate of drug-likeness (QED) is 0.305. The number of aromatic amines is 1. The summed E-state index contributed by atoms with van der Waals surface area (Å²) < 4.78 is 2.70. The van der Waals surface area contributed by atoms with Crippen LogP contribution in [0.4, 0.5) is 0 Å². The number of benzene rings is 3. The van der Waals surface area contributed by atoms with Gasteiger partial charge in [0, 0.05) is 38.8 Å². The number of H-pyrrole nitrogens is 1. The Morgan fingerprint density at radius 1 is 1.03 bits per heavy atom. The highest BCUT2D eigenvalue weighted by Gasteiger charge is 2.42. The number of aromatic nitrogens is 1. The third-order valence-electron chi connectivity index (χ3n) is 5.66. The molecule has 0 aliphatic carbocycles. The molecule has 30 heavy (non-hydrogen) atoms. The minimum Gasteiger partial charge on any atom is -0.360 e. The van der Waals surface area contributed by atoms with Gasteiger partial charge in [-0.1, -0.05) is 66.2 Å². The molecule has 1 amide bonds. The van der Waals surface area contributed by atoms with Crippen molar-refractivity contribution in [3.63, 3.8) is 0 Å². The fraction of sp³-hybridized carbons (Fsp3) is 0.120. The number of hydrogen-bond acceptors (Lipinski definition) is 2. The van der Waals surface area contributed by atoms with Crippen molar-refractivity contribution >= 4 is 39.2 Å². The summed E-state index contributed by atoms with van der Waals surface area (Å²) in [4.78, 5) is 28.2. The first-order valence-electron chi connectivity index (χ1n) is 9.67. The summed E-state index contributed by atoms with van der Waals surface area (Å²) >= 11 is 3.18. The average Bonchev–Trinajstić information content (AvgIpc) is 3.20. The van der Waals surface area contributed by atoms with E-state index in [1.807, 2.05) is 79.7 Å². The van der Waals surface area contributed by atoms with Gasteiger partial charge >= 0.3 is 0 Å². The zero-order valence-electron chi connectivity index (χ0n) is 16.5. The molecule has 1 aromatic heterocycles. The van der Waals surface area contributed by atoms with Crippen LogP contribution in [0, 0.1) is 6.92 Å². The predicted molar refractivity (Wildman–Crippen MR) is 123 cm³/mol. The van der Waals surface area contributed by atoms with E-state index < -0.39 is 5.41 Å². The largest absolute Gasteiger partial charge is 0.360 e. The number of nitrogens with one attached hydrogen (secondary N) is 2. The molecule has 0 aliphatic heterocycles. The van der Waals surface area contributed by atoms with Crippen molar-refractivity contribution in [1.82, 2.24) is 9.33 Å². The number of rotatable bonds is 6. The first-order chi connectivity index (χ1) is 14.6. The highest BCUT2D eigenvalue weighted by Crippen LogP contribution is 2.38. The van der Waals surface area contributed by atoms with Crippen molar-refractivity contribution < 1.29 is 9.59 Å². The second-order valence-electron chi connectivity index (χ2n) is 7.48. The van der Waals surface area contributed by atoms with Gasteiger partial charge in [0.2, 0.25) is 5.91 Å². The zero-order valence-corrected chi connectivity index (χ0v) is 18.1. The van der Waals surface area contributed by atoms with Gasteiger partial charge in [0.05, 0.1) is 0 Å². The van der Waals surface area contributed by atoms with E-state index in [0.717, 1.165) is 39.4 Å². The molecular weight excluding hydrogens is 440 g/mol. The van der Waals surface area contributed by atoms with Crippen LogP contribution in [0.1, 0.15) is 32.6 Å². The molecule has 0 bridgehead atoms. The fourth-order valence-electron chi connectivity index (χ4n) is 4.04. The summed E-state index contributed by atoms with van der Waals surface area (Å²) in [6.45, 7) is 2.02. The summed E-state index contributed by atoms with van der Waals surface area (Å²) in [5, 5.41) is 0.800. The molecule has 4 aromatic rings. The molecule has 4 rings (SSSR count). The Bertz CT molecular complexity index is 1200. The highest BCUT2D eigenvalue weighted by molar-refractivity contribution is 9.08. The number of hydrogen-bond donors (Lipinski definition) is 2. The van der Waals surface area contributed by atoms with Crippen LogP contribution in [0.25, 0.3) is 10.9 Å². The lowest BCUT2D eigenvalue weighted by atomic mass is 9.69. The number of aryl methyl sites for hydroxylation is 1. The molecule has 0 spiro atoms. The third-order valence-corrected chi connectivity index (χ3v) is 6.02. The second-order valence-corrected chi connectivity index (χ2v) is 7.88. The van der Waals surface area contributed by atoms with Gasteiger partial charge in [-0.05, 0) is 42.2 Å². The molecule has 2 N–H and O–H groups in total. The standard InChI is InChI=1S/C25H21BrN2O2/c1-17-7-9-20(10-8-17)25(24(30)28-26,14-18-5-3-2-4-6-18)21-11-12-23-22(13-21)19(16-29)15-27-23/h2-13,15-16,27H,14H2,1H3,(H,28,30). The monoisotopic (exact) mass is 460 g/mol. The Labute approximate surface area is 183 Å². The number of amides is 1. The Morgan fingerprint density at radius 3 is 2.40 bits per heavy atom. The summed E-state index contributed by atoms with van der Waals surface area (Å²) in [5.74, 6) is -0.169. The molecule has 0 saturated heterocycles. The molecule has 0 aliphatic rings. The van der Waals surface area contributed by atoms with Crippen LogP contribution in [0.5, 0.6) is 0 Å². The minimum absolute atomic E-state index is 0.169. The predicted octanol–water partition coefficient (Wildman–Crippen LogP) is 5.24. The van der Waals surface area contributed by atoms with E-state index in [1.54, 1.807) is 6.20 Å². The second kappa shape index (κ2) is 8.28. The van der Waals surface area contributed by atoms with Crippen molar-refractivity contribution in [3.05, 3.63) is 107 Å². The van der Waals surface area contributed by atoms with Gasteiger partial charge in [0.15, 0.2) is 6.29 Å². The van der Waals surface area contributed by atoms with Crippen LogP contribution in [0.15, 0.2) is 79.0 Å². The summed E-state index contributed by atoms with van der Waals surface area (Å²) in [5.41, 5.74) is 4.32. The van der Waals surface area contributed by atoms with Gasteiger partial charge in [-0.15, -0.1) is 0 Å². The molecule has 5 heteroatoms. The lowest BCUT2D eigenvalue weighted by Gasteiger charge is -2.33. The van der Waals surface area contributed by atoms with Crippen LogP contribution in [0.2, 0.25) is 0 Å². The van der Waals surface area contributed by atoms with Crippen molar-refractivity contribution in [2.45, 2.75) is 18.8 Å². The van der Waals surface area contributed by atoms with E-state index in [1.165, 1.54) is 0 Å². The third kappa shape index (κ3) is 3.46. The van der Waals surface area contributed by atoms with E-state index in [9.17, 15) is 9.59 Å². The first-order valence-corrected chi connectivity index (χ1v) is 10.5. The normalized spacial score (nSPS) is 13.0. The maximum atomic E-state index is 13.5. The minimum atomic E-state index is -0.982. The van der Waals surface area contributed by atoms with E-state index >= 15 is 0 Å². The number of carbonyl (C=O) groups is 2. The molecule has 150 valence electrons. The molecule has 3 aromatic carbocycles. The van der Waals surface area contributed by atoms with E-state index in [4.69, 9.17) is 0 Å². The molecule has 0 fully saturated rings. The Kier molecular flexibility index (Phi) is 5.55. The van der Waals surface area contributed by atoms with Gasteiger partial charge in [0.1, 0.15) is 5.41 Å². The van der Waals surface area contributed by atoms with Crippen LogP contribution < -0.4 is 4.34 Å². The van der Waals surface area contributed by atoms with Crippen molar-refractivity contribution in [2.24, 2.45) is 0 Å². The smallest absolute Gasteiger partial charge is 0.245 e. The summed E-state index contributed by atoms with van der Waals surface area (Å²) in [7, 11) is 0. The van der Waals surface area contributed by atoms with E-state index in [2.05, 4.69) is 25.5 Å². The summed E-state index contributed by atoms with van der Waals surface area (Å²) in [6.07, 6.45) is 3.00. The maximum absolute atomic E-state index is 13.5. The number of fused-ring (bicyclic) bond motifs is 1. The lowest BCUT2D eigenvalue weighted by Crippen LogP contribution is -2.44. The first kappa shape index (κ1) is 20.1. The molecular formula is C25H21BrN2O2. The zero-order chi connectivity index (χ0) is 21.1. The topological polar surface area (TPSA) is 62.0 Å². The van der Waals surface area contributed by atoms with Gasteiger partial charge in [-0.2, -0.15) is 0 Å². The molecule has 1 heterocycles. The van der Waals surface area contributed by atoms with Gasteiger partial charge in [-0.25, -0.2) is 0 Å². The Balaban J connectivity index is 2.01. The van der Waals surface area contributed by atoms with Crippen molar-refractivity contribution in [2.75, 3.05) is 0 Å². The van der Waals surface area contributed by atoms with Crippen LogP contribution in [-0.4, -0.2) is 17.2 Å². The Hall–Kier alpha value is -3.18. The highest BCUT2D eigenvalue weighted by atomic mass is 79.9. The molecule has 1 unspecified atom stereocenters. The molecule has 0 radical (unpaired) electrons. The number of aldehydes is 1. The molecule has 1 atom stereocenters. The van der Waals surface area contributed by atoms with Gasteiger partial charge < -0.3 is 4.98 Å². The number of carbonyl (C=O) groups excluding carboxylic acids is 2. The van der Waals surface area contributed by atoms with Crippen molar-refractivity contribution in [1.29, 1.82) is 0 Å². The average molecular weight is 461 g/mol. The maximum Gasteiger partial charge on any atom is 0.245 e. The molecule has 0 saturated carbocycles. The number of halogens is 1. The van der Waals surface area contributed by atoms with E-state index in [-0.39, 0.29) is 5.91 Å². The molecule has 4 nitrogen and oxygen atoms in total.